The minimum atomic E-state index is -1.95. The van der Waals surface area contributed by atoms with Crippen LogP contribution in [-0.2, 0) is 22.1 Å². The molecule has 4 heteroatoms. The molecule has 0 saturated carbocycles. The Hall–Kier alpha value is -3.29. The van der Waals surface area contributed by atoms with E-state index in [1.165, 1.54) is 55.7 Å². The third kappa shape index (κ3) is 7.57. The van der Waals surface area contributed by atoms with Gasteiger partial charge in [0.25, 0.3) is 0 Å². The lowest BCUT2D eigenvalue weighted by Gasteiger charge is -2.36. The van der Waals surface area contributed by atoms with Crippen molar-refractivity contribution >= 4 is 38.9 Å². The second-order valence-corrected chi connectivity index (χ2v) is 25.6. The van der Waals surface area contributed by atoms with Crippen molar-refractivity contribution in [3.8, 4) is 0 Å². The van der Waals surface area contributed by atoms with E-state index in [4.69, 9.17) is 8.85 Å². The average Bonchev–Trinajstić information content (AvgIpc) is 3.43. The Morgan fingerprint density at radius 2 is 0.787 bits per heavy atom. The molecule has 0 aromatic heterocycles. The van der Waals surface area contributed by atoms with Gasteiger partial charge in [-0.2, -0.15) is 0 Å². The summed E-state index contributed by atoms with van der Waals surface area (Å²) in [6, 6.07) is 39.8. The van der Waals surface area contributed by atoms with Gasteiger partial charge in [0.2, 0.25) is 0 Å². The first-order valence-electron chi connectivity index (χ1n) is 17.1. The van der Waals surface area contributed by atoms with Crippen molar-refractivity contribution in [2.24, 2.45) is 0 Å². The summed E-state index contributed by atoms with van der Waals surface area (Å²) >= 11 is 0. The highest BCUT2D eigenvalue weighted by Gasteiger charge is 2.39. The lowest BCUT2D eigenvalue weighted by Crippen LogP contribution is -2.40. The zero-order valence-corrected chi connectivity index (χ0v) is 32.3. The second-order valence-electron chi connectivity index (χ2n) is 16.0. The van der Waals surface area contributed by atoms with Gasteiger partial charge in [0.05, 0.1) is 13.2 Å². The summed E-state index contributed by atoms with van der Waals surface area (Å²) in [6.45, 7) is 24.5. The molecule has 0 radical (unpaired) electrons. The molecule has 246 valence electrons. The van der Waals surface area contributed by atoms with Gasteiger partial charge in [-0.1, -0.05) is 151 Å². The fraction of sp³-hybridized carbons (Fsp3) is 0.349. The molecule has 0 fully saturated rings. The minimum absolute atomic E-state index is 0.148. The molecule has 0 unspecified atom stereocenters. The Labute approximate surface area is 286 Å². The standard InChI is InChI=1S/C43H54O2Si2/c1-42(2,3)46(7,8)44-30-34-25-17-19-27-36(34)38-29-39(37-28-20-18-26-35(37)31-45-47(9,10)43(4,5)6)41(33-23-15-12-16-24-33)40(38)32-21-13-11-14-22-32/h11-28H,29-31H2,1-10H3. The minimum Gasteiger partial charge on any atom is -0.413 e. The normalized spacial score (nSPS) is 14.7. The van der Waals surface area contributed by atoms with Crippen LogP contribution in [-0.4, -0.2) is 16.6 Å². The molecule has 0 spiro atoms. The van der Waals surface area contributed by atoms with Crippen LogP contribution >= 0.6 is 0 Å². The summed E-state index contributed by atoms with van der Waals surface area (Å²) in [5.74, 6) is 0. The van der Waals surface area contributed by atoms with Crippen LogP contribution in [0.15, 0.2) is 109 Å². The van der Waals surface area contributed by atoms with Crippen LogP contribution in [0.4, 0.5) is 0 Å². The summed E-state index contributed by atoms with van der Waals surface area (Å²) in [5, 5.41) is 0.296. The molecule has 1 aliphatic rings. The number of allylic oxidation sites excluding steroid dienone is 4. The zero-order valence-electron chi connectivity index (χ0n) is 30.3. The maximum atomic E-state index is 6.84. The summed E-state index contributed by atoms with van der Waals surface area (Å²) in [7, 11) is -3.89. The molecule has 0 aliphatic heterocycles. The van der Waals surface area contributed by atoms with Gasteiger partial charge in [-0.3, -0.25) is 0 Å². The third-order valence-corrected chi connectivity index (χ3v) is 19.8. The Morgan fingerprint density at radius 3 is 1.13 bits per heavy atom. The molecular formula is C43H54O2Si2. The quantitative estimate of drug-likeness (QED) is 0.158. The SMILES string of the molecule is CC(C)(C)[Si](C)(C)OCc1ccccc1C1=C(c2ccccc2)C(c2ccccc2)=C(c2ccccc2CO[Si](C)(C)C(C)(C)C)C1. The molecule has 1 aliphatic carbocycles. The maximum Gasteiger partial charge on any atom is 0.192 e. The number of rotatable bonds is 10. The average molecular weight is 659 g/mol. The van der Waals surface area contributed by atoms with Crippen molar-refractivity contribution < 1.29 is 8.85 Å². The van der Waals surface area contributed by atoms with Crippen LogP contribution in [0.1, 0.15) is 81.3 Å². The van der Waals surface area contributed by atoms with E-state index >= 15 is 0 Å². The summed E-state index contributed by atoms with van der Waals surface area (Å²) in [4.78, 5) is 0. The molecule has 2 nitrogen and oxygen atoms in total. The zero-order chi connectivity index (χ0) is 34.0. The summed E-state index contributed by atoms with van der Waals surface area (Å²) in [6.07, 6.45) is 0.836. The van der Waals surface area contributed by atoms with Gasteiger partial charge in [0.1, 0.15) is 0 Å². The van der Waals surface area contributed by atoms with Crippen molar-refractivity contribution in [1.82, 2.24) is 0 Å². The first-order chi connectivity index (χ1) is 22.1. The van der Waals surface area contributed by atoms with Crippen molar-refractivity contribution in [2.45, 2.75) is 97.4 Å². The summed E-state index contributed by atoms with van der Waals surface area (Å²) in [5.41, 5.74) is 12.9. The molecule has 0 atom stereocenters. The highest BCUT2D eigenvalue weighted by Crippen LogP contribution is 2.53. The van der Waals surface area contributed by atoms with E-state index in [1.807, 2.05) is 0 Å². The highest BCUT2D eigenvalue weighted by atomic mass is 28.4. The van der Waals surface area contributed by atoms with E-state index in [1.54, 1.807) is 0 Å². The van der Waals surface area contributed by atoms with Gasteiger partial charge in [-0.05, 0) is 98.4 Å². The number of hydrogen-bond donors (Lipinski definition) is 0. The molecule has 0 N–H and O–H groups in total. The second kappa shape index (κ2) is 13.7. The predicted octanol–water partition coefficient (Wildman–Crippen LogP) is 12.7. The molecule has 47 heavy (non-hydrogen) atoms. The Kier molecular flexibility index (Phi) is 10.2. The fourth-order valence-corrected chi connectivity index (χ4v) is 7.69. The van der Waals surface area contributed by atoms with Crippen molar-refractivity contribution in [1.29, 1.82) is 0 Å². The van der Waals surface area contributed by atoms with Crippen LogP contribution in [0.2, 0.25) is 36.3 Å². The Morgan fingerprint density at radius 1 is 0.468 bits per heavy atom. The molecule has 0 saturated heterocycles. The predicted molar refractivity (Wildman–Crippen MR) is 208 cm³/mol. The van der Waals surface area contributed by atoms with Gasteiger partial charge in [0, 0.05) is 0 Å². The molecular weight excluding hydrogens is 605 g/mol. The van der Waals surface area contributed by atoms with Crippen LogP contribution in [0.3, 0.4) is 0 Å². The van der Waals surface area contributed by atoms with E-state index in [0.717, 1.165) is 6.42 Å². The van der Waals surface area contributed by atoms with Crippen LogP contribution in [0.5, 0.6) is 0 Å². The Bertz CT molecular complexity index is 1620. The molecule has 0 heterocycles. The first kappa shape index (κ1) is 35.0. The largest absolute Gasteiger partial charge is 0.413 e. The van der Waals surface area contributed by atoms with Gasteiger partial charge in [-0.15, -0.1) is 0 Å². The van der Waals surface area contributed by atoms with Gasteiger partial charge >= 0.3 is 0 Å². The molecule has 4 aromatic carbocycles. The van der Waals surface area contributed by atoms with Crippen LogP contribution in [0.25, 0.3) is 22.3 Å². The van der Waals surface area contributed by atoms with E-state index in [9.17, 15) is 0 Å². The van der Waals surface area contributed by atoms with Crippen molar-refractivity contribution in [3.63, 3.8) is 0 Å². The monoisotopic (exact) mass is 658 g/mol. The fourth-order valence-electron chi connectivity index (χ4n) is 5.79. The molecule has 5 rings (SSSR count). The lowest BCUT2D eigenvalue weighted by atomic mass is 9.88. The van der Waals surface area contributed by atoms with Crippen molar-refractivity contribution in [3.05, 3.63) is 143 Å². The van der Waals surface area contributed by atoms with Gasteiger partial charge in [0.15, 0.2) is 16.6 Å². The van der Waals surface area contributed by atoms with Crippen LogP contribution in [0, 0.1) is 0 Å². The first-order valence-corrected chi connectivity index (χ1v) is 22.9. The van der Waals surface area contributed by atoms with E-state index in [0.29, 0.717) is 13.2 Å². The number of hydrogen-bond acceptors (Lipinski definition) is 2. The highest BCUT2D eigenvalue weighted by molar-refractivity contribution is 6.74. The molecule has 4 aromatic rings. The maximum absolute atomic E-state index is 6.84. The van der Waals surface area contributed by atoms with E-state index in [2.05, 4.69) is 177 Å². The Balaban J connectivity index is 1.69. The number of benzene rings is 4. The van der Waals surface area contributed by atoms with Gasteiger partial charge in [-0.25, -0.2) is 0 Å². The van der Waals surface area contributed by atoms with E-state index < -0.39 is 16.6 Å². The molecule has 0 amide bonds. The molecule has 0 bridgehead atoms. The van der Waals surface area contributed by atoms with Crippen molar-refractivity contribution in [2.75, 3.05) is 0 Å². The summed E-state index contributed by atoms with van der Waals surface area (Å²) < 4.78 is 13.7. The third-order valence-electron chi connectivity index (χ3n) is 10.8. The van der Waals surface area contributed by atoms with Crippen LogP contribution < -0.4 is 0 Å². The lowest BCUT2D eigenvalue weighted by molar-refractivity contribution is 0.276. The topological polar surface area (TPSA) is 18.5 Å². The smallest absolute Gasteiger partial charge is 0.192 e. The van der Waals surface area contributed by atoms with E-state index in [-0.39, 0.29) is 10.1 Å². The van der Waals surface area contributed by atoms with Gasteiger partial charge < -0.3 is 8.85 Å².